The second-order valence-corrected chi connectivity index (χ2v) is 7.96. The highest BCUT2D eigenvalue weighted by Gasteiger charge is 2.55. The van der Waals surface area contributed by atoms with Crippen LogP contribution in [-0.2, 0) is 19.2 Å². The predicted octanol–water partition coefficient (Wildman–Crippen LogP) is -0.563. The van der Waals surface area contributed by atoms with Gasteiger partial charge in [-0.25, -0.2) is 4.79 Å². The highest BCUT2D eigenvalue weighted by Crippen LogP contribution is 2.39. The number of likely N-dealkylation sites (tertiary alicyclic amines) is 1. The molecule has 0 bridgehead atoms. The van der Waals surface area contributed by atoms with E-state index < -0.39 is 30.1 Å². The number of rotatable bonds is 5. The van der Waals surface area contributed by atoms with Crippen molar-refractivity contribution in [1.82, 2.24) is 25.3 Å². The molecule has 0 aromatic heterocycles. The Balaban J connectivity index is 1.55. The summed E-state index contributed by atoms with van der Waals surface area (Å²) in [6, 6.07) is -0.997. The third-order valence-electron chi connectivity index (χ3n) is 6.34. The Hall–Kier alpha value is -2.65. The molecule has 2 saturated heterocycles. The van der Waals surface area contributed by atoms with Crippen molar-refractivity contribution in [2.24, 2.45) is 0 Å². The second-order valence-electron chi connectivity index (χ2n) is 7.96. The maximum atomic E-state index is 12.9. The maximum Gasteiger partial charge on any atom is 0.327 e. The minimum atomic E-state index is -0.832. The van der Waals surface area contributed by atoms with Crippen molar-refractivity contribution in [1.29, 1.82) is 0 Å². The van der Waals surface area contributed by atoms with Crippen LogP contribution in [0.4, 0.5) is 4.79 Å². The van der Waals surface area contributed by atoms with Crippen LogP contribution in [0.3, 0.4) is 0 Å². The van der Waals surface area contributed by atoms with Gasteiger partial charge in [0.1, 0.15) is 18.1 Å². The number of imide groups is 1. The van der Waals surface area contributed by atoms with Gasteiger partial charge in [-0.15, -0.1) is 0 Å². The van der Waals surface area contributed by atoms with E-state index in [1.54, 1.807) is 7.05 Å². The lowest BCUT2D eigenvalue weighted by Crippen LogP contribution is -2.50. The fourth-order valence-electron chi connectivity index (χ4n) is 4.65. The first-order valence-electron chi connectivity index (χ1n) is 10.2. The molecule has 1 spiro atoms. The topological polar surface area (TPSA) is 119 Å². The summed E-state index contributed by atoms with van der Waals surface area (Å²) in [6.45, 7) is -0.220. The highest BCUT2D eigenvalue weighted by molar-refractivity contribution is 6.09. The first kappa shape index (κ1) is 21.1. The molecule has 3 rings (SSSR count). The van der Waals surface area contributed by atoms with Crippen molar-refractivity contribution >= 4 is 29.7 Å². The maximum absolute atomic E-state index is 12.9. The van der Waals surface area contributed by atoms with Gasteiger partial charge in [-0.2, -0.15) is 0 Å². The number of carbonyl (C=O) groups excluding carboxylic acids is 5. The van der Waals surface area contributed by atoms with E-state index in [1.165, 1.54) is 16.8 Å². The third-order valence-corrected chi connectivity index (χ3v) is 6.34. The number of nitrogens with zero attached hydrogens (tertiary/aromatic N) is 3. The molecule has 0 radical (unpaired) electrons. The van der Waals surface area contributed by atoms with E-state index in [0.717, 1.165) is 30.6 Å². The quantitative estimate of drug-likeness (QED) is 0.592. The number of hydrogen-bond donors (Lipinski definition) is 2. The van der Waals surface area contributed by atoms with Gasteiger partial charge in [0, 0.05) is 20.6 Å². The smallest absolute Gasteiger partial charge is 0.327 e. The molecule has 29 heavy (non-hydrogen) atoms. The first-order valence-corrected chi connectivity index (χ1v) is 10.2. The van der Waals surface area contributed by atoms with Crippen molar-refractivity contribution in [2.45, 2.75) is 56.5 Å². The lowest BCUT2D eigenvalue weighted by molar-refractivity contribution is -0.139. The average molecular weight is 407 g/mol. The molecular formula is C19H29N5O5. The fourth-order valence-corrected chi connectivity index (χ4v) is 4.65. The third kappa shape index (κ3) is 3.79. The van der Waals surface area contributed by atoms with Gasteiger partial charge in [0.25, 0.3) is 5.91 Å². The minimum absolute atomic E-state index is 0.226. The number of likely N-dealkylation sites (N-methyl/N-ethyl adjacent to an activating group) is 2. The zero-order valence-electron chi connectivity index (χ0n) is 17.0. The highest BCUT2D eigenvalue weighted by atomic mass is 16.2. The van der Waals surface area contributed by atoms with Crippen LogP contribution in [0.2, 0.25) is 0 Å². The largest absolute Gasteiger partial charge is 0.357 e. The van der Waals surface area contributed by atoms with E-state index >= 15 is 0 Å². The summed E-state index contributed by atoms with van der Waals surface area (Å²) in [7, 11) is 3.13. The van der Waals surface area contributed by atoms with Crippen LogP contribution < -0.4 is 10.6 Å². The van der Waals surface area contributed by atoms with Crippen molar-refractivity contribution in [2.75, 3.05) is 33.7 Å². The van der Waals surface area contributed by atoms with E-state index in [9.17, 15) is 24.0 Å². The van der Waals surface area contributed by atoms with E-state index in [1.807, 2.05) is 0 Å². The van der Waals surface area contributed by atoms with Crippen LogP contribution in [-0.4, -0.2) is 89.7 Å². The standard InChI is InChI=1S/C19H29N5O5/c1-20-16(27)13-7-6-10-23(13)15(26)11-21-14(25)12-24-17(28)19(22(2)18(24)29)8-4-3-5-9-19/h13H,3-12H2,1-2H3,(H,20,27)(H,21,25). The Morgan fingerprint density at radius 3 is 2.45 bits per heavy atom. The molecule has 0 aromatic rings. The average Bonchev–Trinajstić information content (AvgIpc) is 3.28. The molecule has 3 aliphatic rings. The SMILES string of the molecule is CNC(=O)C1CCCN1C(=O)CNC(=O)CN1C(=O)N(C)C2(CCCCC2)C1=O. The molecule has 6 amide bonds. The van der Waals surface area contributed by atoms with Crippen molar-refractivity contribution in [3.8, 4) is 0 Å². The van der Waals surface area contributed by atoms with Crippen molar-refractivity contribution < 1.29 is 24.0 Å². The van der Waals surface area contributed by atoms with Crippen LogP contribution in [0.1, 0.15) is 44.9 Å². The number of hydrogen-bond acceptors (Lipinski definition) is 5. The van der Waals surface area contributed by atoms with Gasteiger partial charge in [0.15, 0.2) is 0 Å². The van der Waals surface area contributed by atoms with Gasteiger partial charge < -0.3 is 20.4 Å². The molecule has 2 aliphatic heterocycles. The summed E-state index contributed by atoms with van der Waals surface area (Å²) in [5.41, 5.74) is -0.832. The molecule has 0 aromatic carbocycles. The minimum Gasteiger partial charge on any atom is -0.357 e. The van der Waals surface area contributed by atoms with E-state index in [0.29, 0.717) is 25.8 Å². The Kier molecular flexibility index (Phi) is 6.09. The molecule has 2 heterocycles. The molecule has 10 heteroatoms. The van der Waals surface area contributed by atoms with Crippen LogP contribution in [0.25, 0.3) is 0 Å². The summed E-state index contributed by atoms with van der Waals surface area (Å²) in [5.74, 6) is -1.48. The lowest BCUT2D eigenvalue weighted by Gasteiger charge is -2.35. The van der Waals surface area contributed by atoms with Gasteiger partial charge in [-0.05, 0) is 25.7 Å². The molecule has 1 aliphatic carbocycles. The van der Waals surface area contributed by atoms with Gasteiger partial charge in [0.05, 0.1) is 6.54 Å². The molecule has 1 atom stereocenters. The summed E-state index contributed by atoms with van der Waals surface area (Å²) >= 11 is 0. The summed E-state index contributed by atoms with van der Waals surface area (Å²) < 4.78 is 0. The van der Waals surface area contributed by atoms with Gasteiger partial charge in [-0.3, -0.25) is 24.1 Å². The normalized spacial score (nSPS) is 23.7. The lowest BCUT2D eigenvalue weighted by atomic mass is 9.81. The number of urea groups is 1. The number of amides is 6. The van der Waals surface area contributed by atoms with E-state index in [-0.39, 0.29) is 24.3 Å². The van der Waals surface area contributed by atoms with E-state index in [4.69, 9.17) is 0 Å². The monoisotopic (exact) mass is 407 g/mol. The Morgan fingerprint density at radius 1 is 1.10 bits per heavy atom. The van der Waals surface area contributed by atoms with Crippen molar-refractivity contribution in [3.05, 3.63) is 0 Å². The van der Waals surface area contributed by atoms with E-state index in [2.05, 4.69) is 10.6 Å². The zero-order valence-corrected chi connectivity index (χ0v) is 17.0. The number of nitrogens with one attached hydrogen (secondary N) is 2. The van der Waals surface area contributed by atoms with Crippen LogP contribution in [0.5, 0.6) is 0 Å². The molecule has 1 unspecified atom stereocenters. The summed E-state index contributed by atoms with van der Waals surface area (Å²) in [4.78, 5) is 66.0. The molecule has 1 saturated carbocycles. The number of carbonyl (C=O) groups is 5. The molecule has 160 valence electrons. The van der Waals surface area contributed by atoms with Gasteiger partial charge >= 0.3 is 6.03 Å². The Morgan fingerprint density at radius 2 is 1.79 bits per heavy atom. The van der Waals surface area contributed by atoms with Crippen molar-refractivity contribution in [3.63, 3.8) is 0 Å². The fraction of sp³-hybridized carbons (Fsp3) is 0.737. The Labute approximate surface area is 169 Å². The molecular weight excluding hydrogens is 378 g/mol. The zero-order chi connectivity index (χ0) is 21.2. The molecule has 2 N–H and O–H groups in total. The molecule has 10 nitrogen and oxygen atoms in total. The summed E-state index contributed by atoms with van der Waals surface area (Å²) in [5, 5.41) is 5.03. The Bertz CT molecular complexity index is 718. The predicted molar refractivity (Wildman–Crippen MR) is 102 cm³/mol. The summed E-state index contributed by atoms with van der Waals surface area (Å²) in [6.07, 6.45) is 5.32. The van der Waals surface area contributed by atoms with Crippen LogP contribution in [0, 0.1) is 0 Å². The van der Waals surface area contributed by atoms with Crippen LogP contribution >= 0.6 is 0 Å². The molecule has 3 fully saturated rings. The van der Waals surface area contributed by atoms with Crippen LogP contribution in [0.15, 0.2) is 0 Å². The van der Waals surface area contributed by atoms with Gasteiger partial charge in [-0.1, -0.05) is 19.3 Å². The first-order chi connectivity index (χ1) is 13.8. The van der Waals surface area contributed by atoms with Gasteiger partial charge in [0.2, 0.25) is 17.7 Å². The second kappa shape index (κ2) is 8.38.